The van der Waals surface area contributed by atoms with E-state index < -0.39 is 0 Å². The first-order valence-electron chi connectivity index (χ1n) is 8.74. The molecule has 1 N–H and O–H groups in total. The molecule has 0 saturated carbocycles. The lowest BCUT2D eigenvalue weighted by atomic mass is 9.91. The van der Waals surface area contributed by atoms with Crippen molar-refractivity contribution >= 4 is 11.6 Å². The molecule has 4 heteroatoms. The smallest absolute Gasteiger partial charge is 0.232 e. The van der Waals surface area contributed by atoms with Crippen molar-refractivity contribution in [1.82, 2.24) is 4.98 Å². The molecule has 26 heavy (non-hydrogen) atoms. The summed E-state index contributed by atoms with van der Waals surface area (Å²) in [4.78, 5) is 17.1. The maximum atomic E-state index is 13.0. The monoisotopic (exact) mass is 346 g/mol. The molecule has 1 aromatic heterocycles. The second-order valence-corrected chi connectivity index (χ2v) is 5.98. The summed E-state index contributed by atoms with van der Waals surface area (Å²) >= 11 is 0. The molecule has 0 fully saturated rings. The van der Waals surface area contributed by atoms with Gasteiger partial charge in [0.25, 0.3) is 0 Å². The third kappa shape index (κ3) is 4.70. The first kappa shape index (κ1) is 17.7. The van der Waals surface area contributed by atoms with Crippen molar-refractivity contribution in [2.45, 2.75) is 19.3 Å². The SMILES string of the molecule is CCOc1ccc(NC(=O)C(Cc2cccnc2)c2ccccc2)cc1. The summed E-state index contributed by atoms with van der Waals surface area (Å²) in [7, 11) is 0. The van der Waals surface area contributed by atoms with Gasteiger partial charge in [-0.15, -0.1) is 0 Å². The third-order valence-corrected chi connectivity index (χ3v) is 4.11. The first-order chi connectivity index (χ1) is 12.8. The van der Waals surface area contributed by atoms with Gasteiger partial charge in [0.1, 0.15) is 5.75 Å². The van der Waals surface area contributed by atoms with Gasteiger partial charge in [0.2, 0.25) is 5.91 Å². The lowest BCUT2D eigenvalue weighted by Gasteiger charge is -2.17. The van der Waals surface area contributed by atoms with Gasteiger partial charge in [0, 0.05) is 18.1 Å². The molecule has 0 saturated heterocycles. The highest BCUT2D eigenvalue weighted by atomic mass is 16.5. The molecule has 0 spiro atoms. The van der Waals surface area contributed by atoms with Crippen molar-refractivity contribution in [3.8, 4) is 5.75 Å². The molecule has 132 valence electrons. The standard InChI is InChI=1S/C22H22N2O2/c1-2-26-20-12-10-19(11-13-20)24-22(25)21(18-8-4-3-5-9-18)15-17-7-6-14-23-16-17/h3-14,16,21H,2,15H2,1H3,(H,24,25). The van der Waals surface area contributed by atoms with E-state index in [4.69, 9.17) is 4.74 Å². The van der Waals surface area contributed by atoms with Crippen molar-refractivity contribution in [1.29, 1.82) is 0 Å². The minimum absolute atomic E-state index is 0.0378. The minimum atomic E-state index is -0.285. The summed E-state index contributed by atoms with van der Waals surface area (Å²) in [5, 5.41) is 3.02. The number of rotatable bonds is 7. The Hall–Kier alpha value is -3.14. The molecule has 0 aliphatic carbocycles. The van der Waals surface area contributed by atoms with E-state index in [0.29, 0.717) is 13.0 Å². The van der Waals surface area contributed by atoms with Gasteiger partial charge >= 0.3 is 0 Å². The molecule has 2 aromatic carbocycles. The van der Waals surface area contributed by atoms with Crippen molar-refractivity contribution in [3.63, 3.8) is 0 Å². The molecule has 1 heterocycles. The van der Waals surface area contributed by atoms with Gasteiger partial charge in [-0.2, -0.15) is 0 Å². The largest absolute Gasteiger partial charge is 0.494 e. The van der Waals surface area contributed by atoms with E-state index in [9.17, 15) is 4.79 Å². The van der Waals surface area contributed by atoms with Crippen LogP contribution in [0.25, 0.3) is 0 Å². The van der Waals surface area contributed by atoms with Crippen molar-refractivity contribution in [2.24, 2.45) is 0 Å². The summed E-state index contributed by atoms with van der Waals surface area (Å²) < 4.78 is 5.44. The molecule has 1 unspecified atom stereocenters. The number of aromatic nitrogens is 1. The zero-order valence-electron chi connectivity index (χ0n) is 14.8. The number of nitrogens with zero attached hydrogens (tertiary/aromatic N) is 1. The Bertz CT molecular complexity index is 818. The molecule has 0 radical (unpaired) electrons. The average Bonchev–Trinajstić information content (AvgIpc) is 2.69. The summed E-state index contributed by atoms with van der Waals surface area (Å²) in [5.41, 5.74) is 2.77. The van der Waals surface area contributed by atoms with Crippen molar-refractivity contribution in [3.05, 3.63) is 90.3 Å². The van der Waals surface area contributed by atoms with Crippen molar-refractivity contribution < 1.29 is 9.53 Å². The Morgan fingerprint density at radius 2 is 1.81 bits per heavy atom. The molecule has 3 rings (SSSR count). The fourth-order valence-corrected chi connectivity index (χ4v) is 2.83. The molecule has 0 aliphatic heterocycles. The Kier molecular flexibility index (Phi) is 5.99. The molecule has 1 atom stereocenters. The van der Waals surface area contributed by atoms with E-state index in [2.05, 4.69) is 10.3 Å². The van der Waals surface area contributed by atoms with E-state index in [1.165, 1.54) is 0 Å². The van der Waals surface area contributed by atoms with Crippen LogP contribution in [0.15, 0.2) is 79.1 Å². The number of benzene rings is 2. The van der Waals surface area contributed by atoms with Crippen LogP contribution in [-0.2, 0) is 11.2 Å². The van der Waals surface area contributed by atoms with Crippen LogP contribution < -0.4 is 10.1 Å². The van der Waals surface area contributed by atoms with E-state index >= 15 is 0 Å². The fourth-order valence-electron chi connectivity index (χ4n) is 2.83. The lowest BCUT2D eigenvalue weighted by molar-refractivity contribution is -0.117. The van der Waals surface area contributed by atoms with Gasteiger partial charge in [0.15, 0.2) is 0 Å². The van der Waals surface area contributed by atoms with Crippen LogP contribution in [0, 0.1) is 0 Å². The van der Waals surface area contributed by atoms with Crippen LogP contribution in [0.2, 0.25) is 0 Å². The Balaban J connectivity index is 1.78. The molecule has 3 aromatic rings. The van der Waals surface area contributed by atoms with Crippen LogP contribution in [0.1, 0.15) is 24.0 Å². The van der Waals surface area contributed by atoms with Gasteiger partial charge in [-0.25, -0.2) is 0 Å². The Morgan fingerprint density at radius 1 is 1.04 bits per heavy atom. The molecule has 0 aliphatic rings. The maximum absolute atomic E-state index is 13.0. The van der Waals surface area contributed by atoms with Crippen LogP contribution in [-0.4, -0.2) is 17.5 Å². The predicted octanol–water partition coefficient (Wildman–Crippen LogP) is 4.45. The van der Waals surface area contributed by atoms with Crippen LogP contribution in [0.4, 0.5) is 5.69 Å². The molecule has 1 amide bonds. The topological polar surface area (TPSA) is 51.2 Å². The second-order valence-electron chi connectivity index (χ2n) is 5.98. The third-order valence-electron chi connectivity index (χ3n) is 4.11. The van der Waals surface area contributed by atoms with Crippen LogP contribution >= 0.6 is 0 Å². The highest BCUT2D eigenvalue weighted by Crippen LogP contribution is 2.23. The number of carbonyl (C=O) groups is 1. The van der Waals surface area contributed by atoms with Gasteiger partial charge in [-0.3, -0.25) is 9.78 Å². The van der Waals surface area contributed by atoms with E-state index in [-0.39, 0.29) is 11.8 Å². The summed E-state index contributed by atoms with van der Waals surface area (Å²) in [6, 6.07) is 21.1. The number of hydrogen-bond donors (Lipinski definition) is 1. The maximum Gasteiger partial charge on any atom is 0.232 e. The zero-order valence-corrected chi connectivity index (χ0v) is 14.8. The highest BCUT2D eigenvalue weighted by molar-refractivity contribution is 5.96. The number of pyridine rings is 1. The zero-order chi connectivity index (χ0) is 18.2. The summed E-state index contributed by atoms with van der Waals surface area (Å²) in [6.07, 6.45) is 4.14. The van der Waals surface area contributed by atoms with E-state index in [0.717, 1.165) is 22.6 Å². The molecular formula is C22H22N2O2. The number of amides is 1. The van der Waals surface area contributed by atoms with Gasteiger partial charge in [0.05, 0.1) is 12.5 Å². The van der Waals surface area contributed by atoms with Crippen LogP contribution in [0.5, 0.6) is 5.75 Å². The van der Waals surface area contributed by atoms with Gasteiger partial charge in [-0.05, 0) is 54.8 Å². The molecule has 0 bridgehead atoms. The Labute approximate surface area is 153 Å². The normalized spacial score (nSPS) is 11.6. The van der Waals surface area contributed by atoms with Gasteiger partial charge < -0.3 is 10.1 Å². The number of carbonyl (C=O) groups excluding carboxylic acids is 1. The number of nitrogens with one attached hydrogen (secondary N) is 1. The predicted molar refractivity (Wildman–Crippen MR) is 103 cm³/mol. The average molecular weight is 346 g/mol. The van der Waals surface area contributed by atoms with Gasteiger partial charge in [-0.1, -0.05) is 36.4 Å². The van der Waals surface area contributed by atoms with E-state index in [1.54, 1.807) is 12.4 Å². The quantitative estimate of drug-likeness (QED) is 0.688. The van der Waals surface area contributed by atoms with Crippen molar-refractivity contribution in [2.75, 3.05) is 11.9 Å². The summed E-state index contributed by atoms with van der Waals surface area (Å²) in [5.74, 6) is 0.469. The fraction of sp³-hybridized carbons (Fsp3) is 0.182. The Morgan fingerprint density at radius 3 is 2.46 bits per heavy atom. The molecular weight excluding hydrogens is 324 g/mol. The summed E-state index contributed by atoms with van der Waals surface area (Å²) in [6.45, 7) is 2.56. The number of ether oxygens (including phenoxy) is 1. The van der Waals surface area contributed by atoms with Crippen LogP contribution in [0.3, 0.4) is 0 Å². The number of anilines is 1. The van der Waals surface area contributed by atoms with E-state index in [1.807, 2.05) is 73.7 Å². The second kappa shape index (κ2) is 8.81. The number of hydrogen-bond acceptors (Lipinski definition) is 3. The molecule has 4 nitrogen and oxygen atoms in total. The lowest BCUT2D eigenvalue weighted by Crippen LogP contribution is -2.23. The minimum Gasteiger partial charge on any atom is -0.494 e. The first-order valence-corrected chi connectivity index (χ1v) is 8.74. The highest BCUT2D eigenvalue weighted by Gasteiger charge is 2.21.